The molecule has 1 aliphatic rings. The maximum absolute atomic E-state index is 13.1. The van der Waals surface area contributed by atoms with Crippen LogP contribution < -0.4 is 15.0 Å². The highest BCUT2D eigenvalue weighted by atomic mass is 16.5. The topological polar surface area (TPSA) is 109 Å². The normalized spacial score (nSPS) is 17.3. The maximum Gasteiger partial charge on any atom is 0.300 e. The largest absolute Gasteiger partial charge is 0.507 e. The van der Waals surface area contributed by atoms with Crippen molar-refractivity contribution < 1.29 is 28.6 Å². The number of nitrogens with one attached hydrogen (secondary N) is 1. The first-order valence-corrected chi connectivity index (χ1v) is 10.4. The van der Waals surface area contributed by atoms with Gasteiger partial charge in [-0.05, 0) is 55.5 Å². The van der Waals surface area contributed by atoms with E-state index in [2.05, 4.69) is 5.32 Å². The number of furan rings is 1. The zero-order valence-electron chi connectivity index (χ0n) is 18.1. The number of aliphatic hydroxyl groups is 1. The quantitative estimate of drug-likeness (QED) is 0.333. The van der Waals surface area contributed by atoms with Gasteiger partial charge in [0.1, 0.15) is 23.3 Å². The fourth-order valence-electron chi connectivity index (χ4n) is 3.78. The number of rotatable bonds is 6. The number of ether oxygens (including phenoxy) is 1. The van der Waals surface area contributed by atoms with Gasteiger partial charge in [0.2, 0.25) is 5.91 Å². The molecule has 0 bridgehead atoms. The highest BCUT2D eigenvalue weighted by Crippen LogP contribution is 2.42. The predicted molar refractivity (Wildman–Crippen MR) is 122 cm³/mol. The van der Waals surface area contributed by atoms with Crippen LogP contribution in [0.25, 0.3) is 5.76 Å². The van der Waals surface area contributed by atoms with E-state index in [9.17, 15) is 19.5 Å². The lowest BCUT2D eigenvalue weighted by molar-refractivity contribution is -0.132. The molecule has 0 saturated carbocycles. The number of hydrogen-bond donors (Lipinski definition) is 2. The van der Waals surface area contributed by atoms with E-state index in [-0.39, 0.29) is 17.2 Å². The second-order valence-corrected chi connectivity index (χ2v) is 7.37. The second kappa shape index (κ2) is 9.04. The molecule has 0 aliphatic carbocycles. The predicted octanol–water partition coefficient (Wildman–Crippen LogP) is 4.26. The Bertz CT molecular complexity index is 1230. The Morgan fingerprint density at radius 2 is 1.88 bits per heavy atom. The Morgan fingerprint density at radius 1 is 1.12 bits per heavy atom. The van der Waals surface area contributed by atoms with Crippen molar-refractivity contribution in [2.45, 2.75) is 19.9 Å². The zero-order chi connectivity index (χ0) is 23.5. The van der Waals surface area contributed by atoms with Crippen LogP contribution >= 0.6 is 0 Å². The Kier molecular flexibility index (Phi) is 5.99. The molecule has 8 nitrogen and oxygen atoms in total. The molecule has 1 saturated heterocycles. The SMILES string of the molecule is CCOc1cccc(/C(O)=C2/C(=O)C(=O)N(c3ccc(NC(C)=O)cc3)C2c2ccco2)c1. The summed E-state index contributed by atoms with van der Waals surface area (Å²) in [7, 11) is 0. The fraction of sp³-hybridized carbons (Fsp3) is 0.160. The lowest BCUT2D eigenvalue weighted by atomic mass is 9.99. The number of Topliss-reactive ketones (excluding diaryl/α,β-unsaturated/α-hetero) is 1. The number of aliphatic hydroxyl groups excluding tert-OH is 1. The van der Waals surface area contributed by atoms with Crippen LogP contribution in [0.15, 0.2) is 76.9 Å². The molecular weight excluding hydrogens is 424 g/mol. The van der Waals surface area contributed by atoms with Crippen molar-refractivity contribution >= 4 is 34.7 Å². The summed E-state index contributed by atoms with van der Waals surface area (Å²) in [6.45, 7) is 3.67. The number of anilines is 2. The van der Waals surface area contributed by atoms with Crippen LogP contribution in [0.5, 0.6) is 5.75 Å². The first kappa shape index (κ1) is 21.9. The first-order chi connectivity index (χ1) is 15.9. The lowest BCUT2D eigenvalue weighted by Crippen LogP contribution is -2.29. The molecule has 3 aromatic rings. The van der Waals surface area contributed by atoms with Gasteiger partial charge < -0.3 is 19.6 Å². The summed E-state index contributed by atoms with van der Waals surface area (Å²) in [5, 5.41) is 13.8. The third-order valence-corrected chi connectivity index (χ3v) is 5.14. The Labute approximate surface area is 190 Å². The molecular formula is C25H22N2O6. The molecule has 2 amide bonds. The molecule has 0 radical (unpaired) electrons. The van der Waals surface area contributed by atoms with E-state index in [0.29, 0.717) is 35.1 Å². The van der Waals surface area contributed by atoms with Gasteiger partial charge in [-0.2, -0.15) is 0 Å². The number of amides is 2. The van der Waals surface area contributed by atoms with Gasteiger partial charge in [-0.25, -0.2) is 0 Å². The molecule has 4 rings (SSSR count). The molecule has 1 unspecified atom stereocenters. The summed E-state index contributed by atoms with van der Waals surface area (Å²) >= 11 is 0. The minimum atomic E-state index is -0.970. The van der Waals surface area contributed by atoms with Gasteiger partial charge in [0.15, 0.2) is 0 Å². The Balaban J connectivity index is 1.82. The summed E-state index contributed by atoms with van der Waals surface area (Å²) < 4.78 is 11.0. The maximum atomic E-state index is 13.1. The van der Waals surface area contributed by atoms with Crippen molar-refractivity contribution in [1.29, 1.82) is 0 Å². The summed E-state index contributed by atoms with van der Waals surface area (Å²) in [6, 6.07) is 15.5. The molecule has 1 atom stereocenters. The van der Waals surface area contributed by atoms with Crippen LogP contribution in [0.4, 0.5) is 11.4 Å². The molecule has 33 heavy (non-hydrogen) atoms. The number of ketones is 1. The Morgan fingerprint density at radius 3 is 2.52 bits per heavy atom. The van der Waals surface area contributed by atoms with Crippen molar-refractivity contribution in [3.8, 4) is 5.75 Å². The van der Waals surface area contributed by atoms with Crippen LogP contribution in [-0.4, -0.2) is 29.3 Å². The smallest absolute Gasteiger partial charge is 0.300 e. The molecule has 168 valence electrons. The van der Waals surface area contributed by atoms with Gasteiger partial charge in [-0.1, -0.05) is 12.1 Å². The van der Waals surface area contributed by atoms with Gasteiger partial charge in [0.05, 0.1) is 18.4 Å². The number of carbonyl (C=O) groups excluding carboxylic acids is 3. The van der Waals surface area contributed by atoms with E-state index in [4.69, 9.17) is 9.15 Å². The van der Waals surface area contributed by atoms with Gasteiger partial charge >= 0.3 is 0 Å². The van der Waals surface area contributed by atoms with Crippen molar-refractivity contribution in [2.75, 3.05) is 16.8 Å². The van der Waals surface area contributed by atoms with E-state index < -0.39 is 17.7 Å². The van der Waals surface area contributed by atoms with E-state index >= 15 is 0 Å². The van der Waals surface area contributed by atoms with Crippen LogP contribution in [0.1, 0.15) is 31.2 Å². The number of carbonyl (C=O) groups is 3. The average molecular weight is 446 g/mol. The molecule has 2 aromatic carbocycles. The minimum absolute atomic E-state index is 0.0884. The molecule has 2 N–H and O–H groups in total. The lowest BCUT2D eigenvalue weighted by Gasteiger charge is -2.23. The van der Waals surface area contributed by atoms with Gasteiger partial charge in [-0.15, -0.1) is 0 Å². The van der Waals surface area contributed by atoms with Crippen molar-refractivity contribution in [1.82, 2.24) is 0 Å². The number of nitrogens with zero attached hydrogens (tertiary/aromatic N) is 1. The fourth-order valence-corrected chi connectivity index (χ4v) is 3.78. The van der Waals surface area contributed by atoms with Crippen LogP contribution in [0, 0.1) is 0 Å². The van der Waals surface area contributed by atoms with E-state index in [0.717, 1.165) is 0 Å². The Hall–Kier alpha value is -4.33. The second-order valence-electron chi connectivity index (χ2n) is 7.37. The van der Waals surface area contributed by atoms with Crippen molar-refractivity contribution in [3.63, 3.8) is 0 Å². The van der Waals surface area contributed by atoms with Crippen molar-refractivity contribution in [3.05, 3.63) is 83.8 Å². The van der Waals surface area contributed by atoms with Crippen LogP contribution in [-0.2, 0) is 14.4 Å². The van der Waals surface area contributed by atoms with E-state index in [1.807, 2.05) is 6.92 Å². The monoisotopic (exact) mass is 446 g/mol. The standard InChI is InChI=1S/C25H22N2O6/c1-3-32-19-7-4-6-16(14-19)23(29)21-22(20-8-5-13-33-20)27(25(31)24(21)30)18-11-9-17(10-12-18)26-15(2)28/h4-14,22,29H,3H2,1-2H3,(H,26,28)/b23-21-. The van der Waals surface area contributed by atoms with Gasteiger partial charge in [0.25, 0.3) is 11.7 Å². The van der Waals surface area contributed by atoms with Crippen LogP contribution in [0.2, 0.25) is 0 Å². The summed E-state index contributed by atoms with van der Waals surface area (Å²) in [5.41, 5.74) is 1.21. The average Bonchev–Trinajstić information content (AvgIpc) is 3.41. The number of hydrogen-bond acceptors (Lipinski definition) is 6. The van der Waals surface area contributed by atoms with Gasteiger partial charge in [0, 0.05) is 23.9 Å². The molecule has 1 aliphatic heterocycles. The minimum Gasteiger partial charge on any atom is -0.507 e. The molecule has 1 aromatic heterocycles. The molecule has 0 spiro atoms. The third-order valence-electron chi connectivity index (χ3n) is 5.14. The molecule has 8 heteroatoms. The van der Waals surface area contributed by atoms with E-state index in [1.54, 1.807) is 60.7 Å². The van der Waals surface area contributed by atoms with Gasteiger partial charge in [-0.3, -0.25) is 19.3 Å². The summed E-state index contributed by atoms with van der Waals surface area (Å²) in [5.74, 6) is -1.34. The third kappa shape index (κ3) is 4.23. The summed E-state index contributed by atoms with van der Waals surface area (Å²) in [6.07, 6.45) is 1.44. The molecule has 1 fully saturated rings. The van der Waals surface area contributed by atoms with Crippen LogP contribution in [0.3, 0.4) is 0 Å². The highest BCUT2D eigenvalue weighted by molar-refractivity contribution is 6.51. The number of benzene rings is 2. The van der Waals surface area contributed by atoms with E-state index in [1.165, 1.54) is 18.1 Å². The zero-order valence-corrected chi connectivity index (χ0v) is 18.1. The van der Waals surface area contributed by atoms with Crippen molar-refractivity contribution in [2.24, 2.45) is 0 Å². The first-order valence-electron chi connectivity index (χ1n) is 10.4. The summed E-state index contributed by atoms with van der Waals surface area (Å²) in [4.78, 5) is 38.8. The highest BCUT2D eigenvalue weighted by Gasteiger charge is 2.48. The molecule has 2 heterocycles.